The van der Waals surface area contributed by atoms with Gasteiger partial charge < -0.3 is 4.90 Å². The molecule has 0 saturated heterocycles. The number of rotatable bonds is 2. The fourth-order valence-corrected chi connectivity index (χ4v) is 1.79. The van der Waals surface area contributed by atoms with Crippen LogP contribution in [0.2, 0.25) is 0 Å². The molecular weight excluding hydrogens is 227 g/mol. The molecule has 0 unspecified atom stereocenters. The fraction of sp³-hybridized carbons (Fsp3) is 0.133. The lowest BCUT2D eigenvalue weighted by atomic mass is 10.1. The first-order chi connectivity index (χ1) is 8.61. The number of nitriles is 1. The molecule has 2 aromatic carbocycles. The highest BCUT2D eigenvalue weighted by Crippen LogP contribution is 2.25. The van der Waals surface area contributed by atoms with Crippen molar-refractivity contribution in [1.29, 1.82) is 5.26 Å². The van der Waals surface area contributed by atoms with Crippen LogP contribution in [0.4, 0.5) is 15.8 Å². The quantitative estimate of drug-likeness (QED) is 0.798. The van der Waals surface area contributed by atoms with Gasteiger partial charge in [-0.2, -0.15) is 5.26 Å². The van der Waals surface area contributed by atoms with Crippen molar-refractivity contribution in [1.82, 2.24) is 0 Å². The first-order valence-electron chi connectivity index (χ1n) is 5.62. The van der Waals surface area contributed by atoms with Crippen molar-refractivity contribution in [2.45, 2.75) is 6.92 Å². The lowest BCUT2D eigenvalue weighted by Crippen LogP contribution is -2.09. The third-order valence-corrected chi connectivity index (χ3v) is 2.85. The molecule has 3 heteroatoms. The van der Waals surface area contributed by atoms with Crippen LogP contribution in [-0.2, 0) is 0 Å². The summed E-state index contributed by atoms with van der Waals surface area (Å²) in [5.74, 6) is -0.491. The predicted octanol–water partition coefficient (Wildman–Crippen LogP) is 3.77. The van der Waals surface area contributed by atoms with E-state index in [2.05, 4.69) is 0 Å². The normalized spacial score (nSPS) is 9.89. The summed E-state index contributed by atoms with van der Waals surface area (Å²) in [6.07, 6.45) is 0. The molecule has 0 aliphatic heterocycles. The van der Waals surface area contributed by atoms with E-state index in [0.29, 0.717) is 0 Å². The summed E-state index contributed by atoms with van der Waals surface area (Å²) < 4.78 is 13.6. The van der Waals surface area contributed by atoms with Crippen LogP contribution in [0, 0.1) is 24.1 Å². The zero-order valence-corrected chi connectivity index (χ0v) is 10.3. The summed E-state index contributed by atoms with van der Waals surface area (Å²) in [5, 5.41) is 8.70. The Hall–Kier alpha value is -2.34. The van der Waals surface area contributed by atoms with E-state index in [0.717, 1.165) is 16.9 Å². The molecule has 2 nitrogen and oxygen atoms in total. The number of benzene rings is 2. The lowest BCUT2D eigenvalue weighted by molar-refractivity contribution is 0.624. The Morgan fingerprint density at radius 3 is 2.44 bits per heavy atom. The zero-order valence-electron chi connectivity index (χ0n) is 10.3. The maximum Gasteiger partial charge on any atom is 0.143 e. The van der Waals surface area contributed by atoms with Gasteiger partial charge in [0.2, 0.25) is 0 Å². The van der Waals surface area contributed by atoms with E-state index in [9.17, 15) is 4.39 Å². The average Bonchev–Trinajstić information content (AvgIpc) is 2.37. The smallest absolute Gasteiger partial charge is 0.143 e. The van der Waals surface area contributed by atoms with Crippen molar-refractivity contribution in [3.8, 4) is 6.07 Å². The minimum absolute atomic E-state index is 0.0661. The molecule has 0 radical (unpaired) electrons. The van der Waals surface area contributed by atoms with Crippen LogP contribution in [0.5, 0.6) is 0 Å². The molecule has 0 amide bonds. The van der Waals surface area contributed by atoms with Gasteiger partial charge in [0.1, 0.15) is 11.9 Å². The minimum atomic E-state index is -0.491. The van der Waals surface area contributed by atoms with E-state index in [1.807, 2.05) is 49.2 Å². The van der Waals surface area contributed by atoms with E-state index in [4.69, 9.17) is 5.26 Å². The van der Waals surface area contributed by atoms with Gasteiger partial charge in [-0.3, -0.25) is 0 Å². The molecule has 0 saturated carbocycles. The summed E-state index contributed by atoms with van der Waals surface area (Å²) in [4.78, 5) is 1.89. The van der Waals surface area contributed by atoms with Crippen molar-refractivity contribution in [3.63, 3.8) is 0 Å². The Morgan fingerprint density at radius 1 is 1.11 bits per heavy atom. The fourth-order valence-electron chi connectivity index (χ4n) is 1.79. The lowest BCUT2D eigenvalue weighted by Gasteiger charge is -2.20. The van der Waals surface area contributed by atoms with Crippen LogP contribution in [-0.4, -0.2) is 7.05 Å². The highest BCUT2D eigenvalue weighted by molar-refractivity contribution is 5.63. The minimum Gasteiger partial charge on any atom is -0.345 e. The molecule has 2 aromatic rings. The number of anilines is 2. The van der Waals surface area contributed by atoms with E-state index in [-0.39, 0.29) is 5.56 Å². The third kappa shape index (κ3) is 2.33. The summed E-state index contributed by atoms with van der Waals surface area (Å²) in [7, 11) is 1.87. The molecule has 0 aliphatic carbocycles. The Morgan fingerprint density at radius 2 is 1.83 bits per heavy atom. The van der Waals surface area contributed by atoms with Gasteiger partial charge in [-0.1, -0.05) is 12.1 Å². The molecule has 2 rings (SSSR count). The van der Waals surface area contributed by atoms with E-state index in [1.165, 1.54) is 12.1 Å². The SMILES string of the molecule is Cc1cccc(N(C)c2ccc(C#N)c(F)c2)c1. The van der Waals surface area contributed by atoms with Crippen molar-refractivity contribution >= 4 is 11.4 Å². The van der Waals surface area contributed by atoms with Gasteiger partial charge in [-0.15, -0.1) is 0 Å². The number of hydrogen-bond acceptors (Lipinski definition) is 2. The third-order valence-electron chi connectivity index (χ3n) is 2.85. The number of hydrogen-bond donors (Lipinski definition) is 0. The second kappa shape index (κ2) is 4.89. The average molecular weight is 240 g/mol. The van der Waals surface area contributed by atoms with Crippen molar-refractivity contribution in [3.05, 3.63) is 59.4 Å². The zero-order chi connectivity index (χ0) is 13.1. The van der Waals surface area contributed by atoms with Gasteiger partial charge in [0.05, 0.1) is 5.56 Å². The number of aryl methyl sites for hydroxylation is 1. The molecule has 0 aromatic heterocycles. The molecule has 0 heterocycles. The van der Waals surface area contributed by atoms with Gasteiger partial charge >= 0.3 is 0 Å². The molecule has 0 fully saturated rings. The Kier molecular flexibility index (Phi) is 3.29. The summed E-state index contributed by atoms with van der Waals surface area (Å²) in [6.45, 7) is 2.01. The first-order valence-corrected chi connectivity index (χ1v) is 5.62. The number of halogens is 1. The van der Waals surface area contributed by atoms with Gasteiger partial charge in [0.15, 0.2) is 0 Å². The maximum absolute atomic E-state index is 13.6. The Balaban J connectivity index is 2.38. The van der Waals surface area contributed by atoms with E-state index >= 15 is 0 Å². The van der Waals surface area contributed by atoms with Crippen LogP contribution >= 0.6 is 0 Å². The molecule has 0 aliphatic rings. The molecule has 0 atom stereocenters. The Labute approximate surface area is 106 Å². The molecule has 0 spiro atoms. The topological polar surface area (TPSA) is 27.0 Å². The summed E-state index contributed by atoms with van der Waals surface area (Å²) in [6, 6.07) is 14.4. The second-order valence-electron chi connectivity index (χ2n) is 4.17. The summed E-state index contributed by atoms with van der Waals surface area (Å²) in [5.41, 5.74) is 2.92. The van der Waals surface area contributed by atoms with Crippen molar-refractivity contribution in [2.75, 3.05) is 11.9 Å². The first kappa shape index (κ1) is 12.1. The van der Waals surface area contributed by atoms with Crippen LogP contribution in [0.1, 0.15) is 11.1 Å². The number of nitrogens with zero attached hydrogens (tertiary/aromatic N) is 2. The van der Waals surface area contributed by atoms with Crippen molar-refractivity contribution in [2.24, 2.45) is 0 Å². The highest BCUT2D eigenvalue weighted by Gasteiger charge is 2.07. The largest absolute Gasteiger partial charge is 0.345 e. The predicted molar refractivity (Wildman–Crippen MR) is 70.4 cm³/mol. The van der Waals surface area contributed by atoms with Crippen LogP contribution in [0.15, 0.2) is 42.5 Å². The second-order valence-corrected chi connectivity index (χ2v) is 4.17. The van der Waals surface area contributed by atoms with Crippen LogP contribution in [0.25, 0.3) is 0 Å². The standard InChI is InChI=1S/C15H13FN2/c1-11-4-3-5-13(8-11)18(2)14-7-6-12(10-17)15(16)9-14/h3-9H,1-2H3. The molecule has 0 N–H and O–H groups in total. The molecule has 0 bridgehead atoms. The highest BCUT2D eigenvalue weighted by atomic mass is 19.1. The van der Waals surface area contributed by atoms with Gasteiger partial charge in [0, 0.05) is 18.4 Å². The molecular formula is C15H13FN2. The van der Waals surface area contributed by atoms with E-state index < -0.39 is 5.82 Å². The van der Waals surface area contributed by atoms with Crippen molar-refractivity contribution < 1.29 is 4.39 Å². The maximum atomic E-state index is 13.6. The monoisotopic (exact) mass is 240 g/mol. The summed E-state index contributed by atoms with van der Waals surface area (Å²) >= 11 is 0. The van der Waals surface area contributed by atoms with E-state index in [1.54, 1.807) is 6.07 Å². The van der Waals surface area contributed by atoms with Gasteiger partial charge in [0.25, 0.3) is 0 Å². The molecule has 18 heavy (non-hydrogen) atoms. The van der Waals surface area contributed by atoms with Gasteiger partial charge in [-0.25, -0.2) is 4.39 Å². The molecule has 90 valence electrons. The van der Waals surface area contributed by atoms with Crippen LogP contribution in [0.3, 0.4) is 0 Å². The van der Waals surface area contributed by atoms with Crippen LogP contribution < -0.4 is 4.90 Å². The Bertz CT molecular complexity index is 614. The van der Waals surface area contributed by atoms with Gasteiger partial charge in [-0.05, 0) is 42.8 Å².